The predicted molar refractivity (Wildman–Crippen MR) is 92.3 cm³/mol. The van der Waals surface area contributed by atoms with Crippen molar-refractivity contribution in [3.05, 3.63) is 43.9 Å². The molecule has 2 aromatic heterocycles. The Morgan fingerprint density at radius 3 is 2.67 bits per heavy atom. The van der Waals surface area contributed by atoms with Gasteiger partial charge in [-0.05, 0) is 13.0 Å². The van der Waals surface area contributed by atoms with E-state index in [9.17, 15) is 4.79 Å². The maximum atomic E-state index is 11.1. The monoisotopic (exact) mass is 385 g/mol. The molecule has 0 amide bonds. The summed E-state index contributed by atoms with van der Waals surface area (Å²) in [6.07, 6.45) is 1.46. The fourth-order valence-corrected chi connectivity index (χ4v) is 2.55. The largest absolute Gasteiger partial charge is 0.476 e. The van der Waals surface area contributed by atoms with Crippen LogP contribution in [0.3, 0.4) is 0 Å². The highest BCUT2D eigenvalue weighted by atomic mass is 35.5. The Balaban J connectivity index is 2.36. The number of hydrazone groups is 1. The molecule has 0 aliphatic rings. The van der Waals surface area contributed by atoms with E-state index in [1.807, 2.05) is 6.92 Å². The van der Waals surface area contributed by atoms with Gasteiger partial charge in [-0.15, -0.1) is 0 Å². The molecule has 7 nitrogen and oxygen atoms in total. The van der Waals surface area contributed by atoms with Crippen molar-refractivity contribution in [3.63, 3.8) is 0 Å². The van der Waals surface area contributed by atoms with Gasteiger partial charge in [-0.3, -0.25) is 5.43 Å². The number of hydrogen-bond acceptors (Lipinski definition) is 5. The Labute approximate surface area is 152 Å². The number of rotatable bonds is 4. The van der Waals surface area contributed by atoms with Crippen LogP contribution in [0.15, 0.2) is 11.2 Å². The van der Waals surface area contributed by atoms with Crippen molar-refractivity contribution in [1.29, 1.82) is 5.26 Å². The molecule has 0 spiro atoms. The first-order valence-corrected chi connectivity index (χ1v) is 7.54. The number of nitrogens with one attached hydrogen (secondary N) is 1. The van der Waals surface area contributed by atoms with Crippen LogP contribution < -0.4 is 5.43 Å². The zero-order valence-corrected chi connectivity index (χ0v) is 14.7. The summed E-state index contributed by atoms with van der Waals surface area (Å²) >= 11 is 17.8. The van der Waals surface area contributed by atoms with E-state index in [1.165, 1.54) is 6.21 Å². The van der Waals surface area contributed by atoms with E-state index in [2.05, 4.69) is 21.6 Å². The molecule has 2 heterocycles. The van der Waals surface area contributed by atoms with Gasteiger partial charge < -0.3 is 9.67 Å². The number of pyridine rings is 1. The second-order valence-electron chi connectivity index (χ2n) is 4.67. The number of carboxylic acids is 1. The van der Waals surface area contributed by atoms with Gasteiger partial charge in [-0.25, -0.2) is 9.78 Å². The van der Waals surface area contributed by atoms with Gasteiger partial charge in [0.25, 0.3) is 0 Å². The molecule has 10 heteroatoms. The van der Waals surface area contributed by atoms with Crippen molar-refractivity contribution in [3.8, 4) is 6.07 Å². The summed E-state index contributed by atoms with van der Waals surface area (Å²) in [6, 6.07) is 3.72. The third-order valence-electron chi connectivity index (χ3n) is 3.31. The number of aromatic carboxylic acids is 1. The summed E-state index contributed by atoms with van der Waals surface area (Å²) in [6.45, 7) is 1.83. The van der Waals surface area contributed by atoms with Crippen LogP contribution in [-0.2, 0) is 7.05 Å². The first kappa shape index (κ1) is 18.1. The highest BCUT2D eigenvalue weighted by Gasteiger charge is 2.20. The van der Waals surface area contributed by atoms with Crippen molar-refractivity contribution in [2.75, 3.05) is 5.43 Å². The van der Waals surface area contributed by atoms with E-state index < -0.39 is 11.7 Å². The van der Waals surface area contributed by atoms with Gasteiger partial charge in [-0.2, -0.15) is 10.4 Å². The lowest BCUT2D eigenvalue weighted by Crippen LogP contribution is -2.05. The Hall–Kier alpha value is -2.27. The first-order chi connectivity index (χ1) is 11.3. The zero-order valence-electron chi connectivity index (χ0n) is 12.4. The second-order valence-corrected chi connectivity index (χ2v) is 5.78. The van der Waals surface area contributed by atoms with Crippen molar-refractivity contribution < 1.29 is 9.90 Å². The minimum absolute atomic E-state index is 0.0288. The molecule has 0 saturated heterocycles. The number of carbonyl (C=O) groups is 1. The molecule has 0 atom stereocenters. The molecular weight excluding hydrogens is 377 g/mol. The summed E-state index contributed by atoms with van der Waals surface area (Å²) in [7, 11) is 1.76. The van der Waals surface area contributed by atoms with Crippen molar-refractivity contribution >= 4 is 52.7 Å². The lowest BCUT2D eigenvalue weighted by molar-refractivity contribution is 0.0691. The smallest absolute Gasteiger partial charge is 0.356 e. The molecule has 2 N–H and O–H groups in total. The van der Waals surface area contributed by atoms with Crippen LogP contribution in [-0.4, -0.2) is 26.8 Å². The van der Waals surface area contributed by atoms with Crippen LogP contribution in [0.1, 0.15) is 27.4 Å². The molecule has 2 rings (SSSR count). The normalized spacial score (nSPS) is 10.8. The Morgan fingerprint density at radius 1 is 1.46 bits per heavy atom. The van der Waals surface area contributed by atoms with Crippen LogP contribution in [0.2, 0.25) is 15.2 Å². The summed E-state index contributed by atoms with van der Waals surface area (Å²) in [5, 5.41) is 21.6. The van der Waals surface area contributed by atoms with Crippen LogP contribution in [0, 0.1) is 18.3 Å². The average Bonchev–Trinajstić information content (AvgIpc) is 2.81. The summed E-state index contributed by atoms with van der Waals surface area (Å²) in [4.78, 5) is 14.7. The van der Waals surface area contributed by atoms with Crippen molar-refractivity contribution in [2.45, 2.75) is 6.92 Å². The highest BCUT2D eigenvalue weighted by Crippen LogP contribution is 2.36. The number of anilines is 1. The Bertz CT molecular complexity index is 899. The number of nitriles is 1. The highest BCUT2D eigenvalue weighted by molar-refractivity contribution is 6.46. The standard InChI is InChI=1S/C14H10Cl3N5O2/c1-6-7(3-8(4-18)22(6)2)5-19-21-11-9(15)12(14(23)24)20-13(17)10(11)16/h3,5H,1-2H3,(H,20,21)(H,23,24)/b19-5-. The topological polar surface area (TPSA) is 103 Å². The van der Waals surface area contributed by atoms with Crippen molar-refractivity contribution in [1.82, 2.24) is 9.55 Å². The molecule has 0 saturated carbocycles. The van der Waals surface area contributed by atoms with E-state index in [0.29, 0.717) is 11.3 Å². The summed E-state index contributed by atoms with van der Waals surface area (Å²) < 4.78 is 1.72. The maximum absolute atomic E-state index is 11.1. The summed E-state index contributed by atoms with van der Waals surface area (Å²) in [5.41, 5.74) is 4.16. The minimum atomic E-state index is -1.34. The number of halogens is 3. The van der Waals surface area contributed by atoms with Crippen LogP contribution in [0.25, 0.3) is 0 Å². The first-order valence-electron chi connectivity index (χ1n) is 6.41. The van der Waals surface area contributed by atoms with Crippen molar-refractivity contribution in [2.24, 2.45) is 12.1 Å². The van der Waals surface area contributed by atoms with E-state index >= 15 is 0 Å². The van der Waals surface area contributed by atoms with E-state index in [-0.39, 0.29) is 20.9 Å². The van der Waals surface area contributed by atoms with Gasteiger partial charge in [0.2, 0.25) is 0 Å². The minimum Gasteiger partial charge on any atom is -0.476 e. The molecule has 24 heavy (non-hydrogen) atoms. The Morgan fingerprint density at radius 2 is 2.12 bits per heavy atom. The zero-order chi connectivity index (χ0) is 18.0. The average molecular weight is 387 g/mol. The van der Waals surface area contributed by atoms with Gasteiger partial charge in [-0.1, -0.05) is 34.8 Å². The fraction of sp³-hybridized carbons (Fsp3) is 0.143. The molecule has 2 aromatic rings. The maximum Gasteiger partial charge on any atom is 0.356 e. The van der Waals surface area contributed by atoms with Gasteiger partial charge >= 0.3 is 5.97 Å². The van der Waals surface area contributed by atoms with Crippen LogP contribution >= 0.6 is 34.8 Å². The second kappa shape index (κ2) is 7.09. The van der Waals surface area contributed by atoms with Gasteiger partial charge in [0.05, 0.1) is 11.9 Å². The molecular formula is C14H10Cl3N5O2. The molecule has 0 aliphatic heterocycles. The number of carboxylic acid groups (broad SMARTS) is 1. The third-order valence-corrected chi connectivity index (χ3v) is 4.42. The van der Waals surface area contributed by atoms with E-state index in [0.717, 1.165) is 5.69 Å². The van der Waals surface area contributed by atoms with Gasteiger partial charge in [0.1, 0.15) is 21.8 Å². The van der Waals surface area contributed by atoms with Gasteiger partial charge in [0, 0.05) is 18.3 Å². The van der Waals surface area contributed by atoms with Crippen LogP contribution in [0.4, 0.5) is 5.69 Å². The number of hydrogen-bond donors (Lipinski definition) is 2. The van der Waals surface area contributed by atoms with E-state index in [4.69, 9.17) is 45.2 Å². The van der Waals surface area contributed by atoms with Crippen LogP contribution in [0.5, 0.6) is 0 Å². The third kappa shape index (κ3) is 3.31. The lowest BCUT2D eigenvalue weighted by atomic mass is 10.3. The lowest BCUT2D eigenvalue weighted by Gasteiger charge is -2.09. The van der Waals surface area contributed by atoms with Gasteiger partial charge in [0.15, 0.2) is 10.8 Å². The fourth-order valence-electron chi connectivity index (χ4n) is 1.88. The molecule has 0 aromatic carbocycles. The summed E-state index contributed by atoms with van der Waals surface area (Å²) in [5.74, 6) is -1.34. The molecule has 0 fully saturated rings. The molecule has 0 bridgehead atoms. The molecule has 124 valence electrons. The molecule has 0 radical (unpaired) electrons. The Kier molecular flexibility index (Phi) is 5.34. The predicted octanol–water partition coefficient (Wildman–Crippen LogP) is 3.70. The molecule has 0 aliphatic carbocycles. The number of nitrogens with zero attached hydrogens (tertiary/aromatic N) is 4. The quantitative estimate of drug-likeness (QED) is 0.474. The van der Waals surface area contributed by atoms with E-state index in [1.54, 1.807) is 17.7 Å². The number of aromatic nitrogens is 2. The SMILES string of the molecule is Cc1c(/C=N\Nc2c(Cl)c(Cl)nc(C(=O)O)c2Cl)cc(C#N)n1C. The molecule has 0 unspecified atom stereocenters.